The first-order chi connectivity index (χ1) is 12.5. The molecule has 0 saturated carbocycles. The van der Waals surface area contributed by atoms with Crippen LogP contribution in [0.4, 0.5) is 0 Å². The van der Waals surface area contributed by atoms with Crippen molar-refractivity contribution in [3.8, 4) is 0 Å². The van der Waals surface area contributed by atoms with Crippen LogP contribution in [-0.2, 0) is 13.6 Å². The van der Waals surface area contributed by atoms with Crippen molar-refractivity contribution in [3.05, 3.63) is 53.3 Å². The minimum Gasteiger partial charge on any atom is -0.396 e. The fraction of sp³-hybridized carbons (Fsp3) is 0.500. The summed E-state index contributed by atoms with van der Waals surface area (Å²) in [6.07, 6.45) is 0. The Labute approximate surface area is 154 Å². The van der Waals surface area contributed by atoms with Gasteiger partial charge in [-0.05, 0) is 24.5 Å². The Kier molecular flexibility index (Phi) is 4.32. The first-order valence-electron chi connectivity index (χ1n) is 9.18. The Morgan fingerprint density at radius 3 is 2.65 bits per heavy atom. The van der Waals surface area contributed by atoms with Gasteiger partial charge in [-0.2, -0.15) is 5.10 Å². The van der Waals surface area contributed by atoms with Crippen LogP contribution in [0.3, 0.4) is 0 Å². The third kappa shape index (κ3) is 2.93. The molecule has 2 saturated heterocycles. The molecule has 2 atom stereocenters. The summed E-state index contributed by atoms with van der Waals surface area (Å²) in [5.41, 5.74) is 2.55. The molecule has 2 aliphatic heterocycles. The number of amides is 1. The van der Waals surface area contributed by atoms with Crippen LogP contribution in [0.15, 0.2) is 36.4 Å². The quantitative estimate of drug-likeness (QED) is 0.899. The van der Waals surface area contributed by atoms with Gasteiger partial charge in [-0.15, -0.1) is 0 Å². The van der Waals surface area contributed by atoms with Crippen LogP contribution in [0, 0.1) is 18.3 Å². The second-order valence-electron chi connectivity index (χ2n) is 7.85. The van der Waals surface area contributed by atoms with Gasteiger partial charge in [0.05, 0.1) is 12.3 Å². The highest BCUT2D eigenvalue weighted by Crippen LogP contribution is 2.43. The summed E-state index contributed by atoms with van der Waals surface area (Å²) in [7, 11) is 1.81. The smallest absolute Gasteiger partial charge is 0.272 e. The molecule has 138 valence electrons. The van der Waals surface area contributed by atoms with Crippen LogP contribution in [0.5, 0.6) is 0 Å². The number of nitrogens with zero attached hydrogens (tertiary/aromatic N) is 4. The van der Waals surface area contributed by atoms with E-state index in [1.54, 1.807) is 11.7 Å². The summed E-state index contributed by atoms with van der Waals surface area (Å²) < 4.78 is 1.65. The molecule has 2 aliphatic rings. The predicted molar refractivity (Wildman–Crippen MR) is 98.6 cm³/mol. The highest BCUT2D eigenvalue weighted by Gasteiger charge is 2.53. The van der Waals surface area contributed by atoms with Gasteiger partial charge in [-0.1, -0.05) is 30.3 Å². The monoisotopic (exact) mass is 354 g/mol. The minimum atomic E-state index is -0.210. The van der Waals surface area contributed by atoms with Gasteiger partial charge in [0.2, 0.25) is 0 Å². The Bertz CT molecular complexity index is 803. The van der Waals surface area contributed by atoms with E-state index in [1.165, 1.54) is 5.56 Å². The zero-order valence-electron chi connectivity index (χ0n) is 15.4. The molecule has 6 heteroatoms. The molecule has 6 nitrogen and oxygen atoms in total. The number of hydrogen-bond donors (Lipinski definition) is 1. The maximum Gasteiger partial charge on any atom is 0.272 e. The number of benzene rings is 1. The lowest BCUT2D eigenvalue weighted by atomic mass is 9.82. The summed E-state index contributed by atoms with van der Waals surface area (Å²) in [4.78, 5) is 17.2. The molecule has 2 fully saturated rings. The van der Waals surface area contributed by atoms with E-state index in [1.807, 2.05) is 24.0 Å². The number of aromatic nitrogens is 2. The summed E-state index contributed by atoms with van der Waals surface area (Å²) in [6.45, 7) is 5.98. The van der Waals surface area contributed by atoms with Crippen LogP contribution < -0.4 is 0 Å². The molecule has 3 heterocycles. The normalized spacial score (nSPS) is 25.7. The number of fused-ring (bicyclic) bond motifs is 1. The summed E-state index contributed by atoms with van der Waals surface area (Å²) in [5, 5.41) is 14.4. The van der Waals surface area contributed by atoms with Crippen LogP contribution in [0.2, 0.25) is 0 Å². The van der Waals surface area contributed by atoms with E-state index in [4.69, 9.17) is 0 Å². The Hall–Kier alpha value is -2.18. The highest BCUT2D eigenvalue weighted by atomic mass is 16.3. The number of aliphatic hydroxyl groups excluding tert-OH is 1. The number of likely N-dealkylation sites (tertiary alicyclic amines) is 2. The van der Waals surface area contributed by atoms with Crippen LogP contribution in [0.25, 0.3) is 0 Å². The van der Waals surface area contributed by atoms with Crippen LogP contribution >= 0.6 is 0 Å². The number of carbonyl (C=O) groups excluding carboxylic acids is 1. The Morgan fingerprint density at radius 1 is 1.27 bits per heavy atom. The Morgan fingerprint density at radius 2 is 2.04 bits per heavy atom. The van der Waals surface area contributed by atoms with Gasteiger partial charge >= 0.3 is 0 Å². The SMILES string of the molecule is Cc1cc(C(=O)N2C[C@H]3CN(Cc4ccccc4)C[C@@]3(CO)C2)n(C)n1. The molecule has 1 aromatic carbocycles. The van der Waals surface area contributed by atoms with E-state index in [0.717, 1.165) is 25.3 Å². The van der Waals surface area contributed by atoms with Gasteiger partial charge in [-0.25, -0.2) is 0 Å². The van der Waals surface area contributed by atoms with Crippen molar-refractivity contribution in [2.45, 2.75) is 13.5 Å². The van der Waals surface area contributed by atoms with E-state index in [-0.39, 0.29) is 17.9 Å². The molecular weight excluding hydrogens is 328 g/mol. The summed E-state index contributed by atoms with van der Waals surface area (Å²) >= 11 is 0. The number of aliphatic hydroxyl groups is 1. The van der Waals surface area contributed by atoms with E-state index in [0.29, 0.717) is 24.7 Å². The number of aryl methyl sites for hydroxylation is 2. The van der Waals surface area contributed by atoms with E-state index < -0.39 is 0 Å². The molecule has 1 amide bonds. The lowest BCUT2D eigenvalue weighted by Gasteiger charge is -2.27. The largest absolute Gasteiger partial charge is 0.396 e. The molecule has 0 aliphatic carbocycles. The second-order valence-corrected chi connectivity index (χ2v) is 7.85. The highest BCUT2D eigenvalue weighted by molar-refractivity contribution is 5.93. The molecule has 0 unspecified atom stereocenters. The molecule has 1 aromatic heterocycles. The maximum absolute atomic E-state index is 12.9. The molecule has 0 spiro atoms. The van der Waals surface area contributed by atoms with Crippen LogP contribution in [-0.4, -0.2) is 63.4 Å². The fourth-order valence-corrected chi connectivity index (χ4v) is 4.60. The minimum absolute atomic E-state index is 0.0185. The van der Waals surface area contributed by atoms with Gasteiger partial charge in [0.25, 0.3) is 5.91 Å². The average Bonchev–Trinajstić information content (AvgIpc) is 3.25. The van der Waals surface area contributed by atoms with Crippen molar-refractivity contribution in [3.63, 3.8) is 0 Å². The van der Waals surface area contributed by atoms with E-state index >= 15 is 0 Å². The van der Waals surface area contributed by atoms with Gasteiger partial charge in [0.1, 0.15) is 5.69 Å². The van der Waals surface area contributed by atoms with Gasteiger partial charge < -0.3 is 10.0 Å². The summed E-state index contributed by atoms with van der Waals surface area (Å²) in [6, 6.07) is 12.3. The lowest BCUT2D eigenvalue weighted by molar-refractivity contribution is 0.0708. The van der Waals surface area contributed by atoms with E-state index in [9.17, 15) is 9.90 Å². The molecule has 4 rings (SSSR count). The third-order valence-electron chi connectivity index (χ3n) is 5.90. The van der Waals surface area contributed by atoms with Crippen molar-refractivity contribution in [1.82, 2.24) is 19.6 Å². The number of rotatable bonds is 4. The topological polar surface area (TPSA) is 61.6 Å². The maximum atomic E-state index is 12.9. The predicted octanol–water partition coefficient (Wildman–Crippen LogP) is 1.30. The van der Waals surface area contributed by atoms with Gasteiger partial charge in [0, 0.05) is 45.2 Å². The molecule has 26 heavy (non-hydrogen) atoms. The molecule has 2 aromatic rings. The van der Waals surface area contributed by atoms with Crippen molar-refractivity contribution in [2.75, 3.05) is 32.8 Å². The fourth-order valence-electron chi connectivity index (χ4n) is 4.60. The van der Waals surface area contributed by atoms with E-state index in [2.05, 4.69) is 34.3 Å². The van der Waals surface area contributed by atoms with Crippen molar-refractivity contribution in [2.24, 2.45) is 18.4 Å². The first kappa shape index (κ1) is 17.2. The van der Waals surface area contributed by atoms with Crippen LogP contribution in [0.1, 0.15) is 21.7 Å². The second kappa shape index (κ2) is 6.52. The molecular formula is C20H26N4O2. The Balaban J connectivity index is 1.47. The van der Waals surface area contributed by atoms with Crippen molar-refractivity contribution < 1.29 is 9.90 Å². The number of carbonyl (C=O) groups is 1. The molecule has 1 N–H and O–H groups in total. The third-order valence-corrected chi connectivity index (χ3v) is 5.90. The van der Waals surface area contributed by atoms with Crippen molar-refractivity contribution in [1.29, 1.82) is 0 Å². The first-order valence-corrected chi connectivity index (χ1v) is 9.18. The average molecular weight is 354 g/mol. The molecule has 0 bridgehead atoms. The number of hydrogen-bond acceptors (Lipinski definition) is 4. The van der Waals surface area contributed by atoms with Crippen molar-refractivity contribution >= 4 is 5.91 Å². The zero-order chi connectivity index (χ0) is 18.3. The molecule has 0 radical (unpaired) electrons. The van der Waals surface area contributed by atoms with Gasteiger partial charge in [-0.3, -0.25) is 14.4 Å². The van der Waals surface area contributed by atoms with Gasteiger partial charge in [0.15, 0.2) is 0 Å². The standard InChI is InChI=1S/C20H26N4O2/c1-15-8-18(22(2)21-15)19(26)24-11-17-10-23(12-20(17,13-24)14-25)9-16-6-4-3-5-7-16/h3-8,17,25H,9-14H2,1-2H3/t17-,20+/m1/s1. The zero-order valence-corrected chi connectivity index (χ0v) is 15.4. The summed E-state index contributed by atoms with van der Waals surface area (Å²) in [5.74, 6) is 0.333. The lowest BCUT2D eigenvalue weighted by Crippen LogP contribution is -2.39.